The average Bonchev–Trinajstić information content (AvgIpc) is 3.03. The van der Waals surface area contributed by atoms with Crippen LogP contribution in [0.25, 0.3) is 0 Å². The first-order chi connectivity index (χ1) is 10.2. The summed E-state index contributed by atoms with van der Waals surface area (Å²) >= 11 is 0. The van der Waals surface area contributed by atoms with Gasteiger partial charge >= 0.3 is 5.97 Å². The van der Waals surface area contributed by atoms with E-state index in [-0.39, 0.29) is 17.8 Å². The van der Waals surface area contributed by atoms with Crippen LogP contribution in [0.3, 0.4) is 0 Å². The lowest BCUT2D eigenvalue weighted by Gasteiger charge is -2.20. The molecule has 1 unspecified atom stereocenters. The van der Waals surface area contributed by atoms with Crippen LogP contribution in [0.15, 0.2) is 18.2 Å². The van der Waals surface area contributed by atoms with Gasteiger partial charge in [0.15, 0.2) is 11.5 Å². The molecule has 1 amide bonds. The van der Waals surface area contributed by atoms with Crippen molar-refractivity contribution in [3.63, 3.8) is 0 Å². The van der Waals surface area contributed by atoms with Crippen LogP contribution in [0.4, 0.5) is 0 Å². The van der Waals surface area contributed by atoms with Crippen molar-refractivity contribution in [3.8, 4) is 11.5 Å². The number of rotatable bonds is 2. The zero-order valence-corrected chi connectivity index (χ0v) is 11.8. The van der Waals surface area contributed by atoms with Crippen LogP contribution in [0.2, 0.25) is 0 Å². The molecular weight excluding hydrogens is 274 g/mol. The minimum atomic E-state index is -0.257. The van der Waals surface area contributed by atoms with Crippen molar-refractivity contribution in [1.29, 1.82) is 0 Å². The molecule has 1 aromatic rings. The Kier molecular flexibility index (Phi) is 3.68. The highest BCUT2D eigenvalue weighted by Gasteiger charge is 2.32. The third-order valence-corrected chi connectivity index (χ3v) is 3.80. The minimum absolute atomic E-state index is 0.0987. The molecule has 2 aliphatic rings. The molecule has 0 N–H and O–H groups in total. The van der Waals surface area contributed by atoms with Gasteiger partial charge in [-0.15, -0.1) is 0 Å². The quantitative estimate of drug-likeness (QED) is 0.763. The summed E-state index contributed by atoms with van der Waals surface area (Å²) in [6.45, 7) is 1.97. The summed E-state index contributed by atoms with van der Waals surface area (Å²) in [7, 11) is 1.37. The zero-order chi connectivity index (χ0) is 14.8. The van der Waals surface area contributed by atoms with E-state index in [0.717, 1.165) is 0 Å². The van der Waals surface area contributed by atoms with E-state index in [1.54, 1.807) is 23.1 Å². The molecule has 112 valence electrons. The molecule has 0 aliphatic carbocycles. The van der Waals surface area contributed by atoms with Gasteiger partial charge in [-0.1, -0.05) is 0 Å². The standard InChI is InChI=1S/C15H17NO5/c1-19-15(18)11-4-5-16(9-11)14(17)10-2-3-12-13(8-10)21-7-6-20-12/h2-3,8,11H,4-7,9H2,1H3. The molecular formula is C15H17NO5. The summed E-state index contributed by atoms with van der Waals surface area (Å²) in [5.41, 5.74) is 0.546. The number of esters is 1. The van der Waals surface area contributed by atoms with Crippen molar-refractivity contribution in [3.05, 3.63) is 23.8 Å². The van der Waals surface area contributed by atoms with E-state index >= 15 is 0 Å². The number of hydrogen-bond acceptors (Lipinski definition) is 5. The largest absolute Gasteiger partial charge is 0.486 e. The summed E-state index contributed by atoms with van der Waals surface area (Å²) in [5.74, 6) is 0.671. The maximum atomic E-state index is 12.5. The van der Waals surface area contributed by atoms with Gasteiger partial charge in [0, 0.05) is 18.7 Å². The Hall–Kier alpha value is -2.24. The Bertz CT molecular complexity index is 571. The van der Waals surface area contributed by atoms with Crippen LogP contribution in [-0.4, -0.2) is 50.2 Å². The molecule has 2 aliphatic heterocycles. The number of nitrogens with zero attached hydrogens (tertiary/aromatic N) is 1. The van der Waals surface area contributed by atoms with E-state index in [4.69, 9.17) is 14.2 Å². The molecule has 1 atom stereocenters. The molecule has 6 nitrogen and oxygen atoms in total. The first kappa shape index (κ1) is 13.7. The van der Waals surface area contributed by atoms with Gasteiger partial charge < -0.3 is 19.1 Å². The smallest absolute Gasteiger partial charge is 0.310 e. The summed E-state index contributed by atoms with van der Waals surface area (Å²) in [4.78, 5) is 25.7. The summed E-state index contributed by atoms with van der Waals surface area (Å²) in [6.07, 6.45) is 0.642. The van der Waals surface area contributed by atoms with Crippen molar-refractivity contribution in [2.75, 3.05) is 33.4 Å². The van der Waals surface area contributed by atoms with Crippen molar-refractivity contribution < 1.29 is 23.8 Å². The average molecular weight is 291 g/mol. The molecule has 2 heterocycles. The Morgan fingerprint density at radius 3 is 2.76 bits per heavy atom. The SMILES string of the molecule is COC(=O)C1CCN(C(=O)c2ccc3c(c2)OCCO3)C1. The second-order valence-corrected chi connectivity index (χ2v) is 5.12. The Labute approximate surface area is 122 Å². The highest BCUT2D eigenvalue weighted by molar-refractivity contribution is 5.95. The highest BCUT2D eigenvalue weighted by Crippen LogP contribution is 2.31. The van der Waals surface area contributed by atoms with Crippen LogP contribution in [0, 0.1) is 5.92 Å². The molecule has 0 radical (unpaired) electrons. The molecule has 0 bridgehead atoms. The van der Waals surface area contributed by atoms with Gasteiger partial charge in [0.1, 0.15) is 13.2 Å². The zero-order valence-electron chi connectivity index (χ0n) is 11.8. The number of carbonyl (C=O) groups is 2. The molecule has 1 aromatic carbocycles. The number of ether oxygens (including phenoxy) is 3. The first-order valence-electron chi connectivity index (χ1n) is 6.96. The summed E-state index contributed by atoms with van der Waals surface area (Å²) in [6, 6.07) is 5.17. The molecule has 1 fully saturated rings. The molecule has 0 saturated carbocycles. The van der Waals surface area contributed by atoms with E-state index in [2.05, 4.69) is 0 Å². The van der Waals surface area contributed by atoms with Crippen molar-refractivity contribution in [2.45, 2.75) is 6.42 Å². The lowest BCUT2D eigenvalue weighted by atomic mass is 10.1. The molecule has 6 heteroatoms. The lowest BCUT2D eigenvalue weighted by molar-refractivity contribution is -0.144. The monoisotopic (exact) mass is 291 g/mol. The predicted molar refractivity (Wildman–Crippen MR) is 73.5 cm³/mol. The van der Waals surface area contributed by atoms with Gasteiger partial charge in [-0.25, -0.2) is 0 Å². The maximum Gasteiger partial charge on any atom is 0.310 e. The Morgan fingerprint density at radius 2 is 2.00 bits per heavy atom. The van der Waals surface area contributed by atoms with Gasteiger partial charge in [0.25, 0.3) is 5.91 Å². The van der Waals surface area contributed by atoms with Crippen LogP contribution in [-0.2, 0) is 9.53 Å². The summed E-state index contributed by atoms with van der Waals surface area (Å²) < 4.78 is 15.6. The van der Waals surface area contributed by atoms with Gasteiger partial charge in [-0.3, -0.25) is 9.59 Å². The third kappa shape index (κ3) is 2.66. The van der Waals surface area contributed by atoms with Crippen LogP contribution >= 0.6 is 0 Å². The number of fused-ring (bicyclic) bond motifs is 1. The van der Waals surface area contributed by atoms with Gasteiger partial charge in [-0.05, 0) is 24.6 Å². The Balaban J connectivity index is 1.72. The lowest BCUT2D eigenvalue weighted by Crippen LogP contribution is -2.30. The van der Waals surface area contributed by atoms with Crippen molar-refractivity contribution in [1.82, 2.24) is 4.90 Å². The van der Waals surface area contributed by atoms with E-state index in [1.165, 1.54) is 7.11 Å². The number of likely N-dealkylation sites (tertiary alicyclic amines) is 1. The second-order valence-electron chi connectivity index (χ2n) is 5.12. The number of carbonyl (C=O) groups excluding carboxylic acids is 2. The van der Waals surface area contributed by atoms with E-state index in [0.29, 0.717) is 49.8 Å². The fraction of sp³-hybridized carbons (Fsp3) is 0.467. The molecule has 21 heavy (non-hydrogen) atoms. The van der Waals surface area contributed by atoms with Gasteiger partial charge in [0.05, 0.1) is 13.0 Å². The minimum Gasteiger partial charge on any atom is -0.486 e. The second kappa shape index (κ2) is 5.63. The fourth-order valence-corrected chi connectivity index (χ4v) is 2.66. The van der Waals surface area contributed by atoms with Crippen LogP contribution < -0.4 is 9.47 Å². The third-order valence-electron chi connectivity index (χ3n) is 3.80. The number of methoxy groups -OCH3 is 1. The number of benzene rings is 1. The molecule has 0 spiro atoms. The topological polar surface area (TPSA) is 65.1 Å². The van der Waals surface area contributed by atoms with Crippen LogP contribution in [0.1, 0.15) is 16.8 Å². The number of hydrogen-bond donors (Lipinski definition) is 0. The molecule has 3 rings (SSSR count). The normalized spacial score (nSPS) is 20.2. The Morgan fingerprint density at radius 1 is 1.24 bits per heavy atom. The predicted octanol–water partition coefficient (Wildman–Crippen LogP) is 1.09. The van der Waals surface area contributed by atoms with Gasteiger partial charge in [0.2, 0.25) is 0 Å². The van der Waals surface area contributed by atoms with Crippen molar-refractivity contribution >= 4 is 11.9 Å². The van der Waals surface area contributed by atoms with Crippen molar-refractivity contribution in [2.24, 2.45) is 5.92 Å². The maximum absolute atomic E-state index is 12.5. The van der Waals surface area contributed by atoms with Crippen LogP contribution in [0.5, 0.6) is 11.5 Å². The summed E-state index contributed by atoms with van der Waals surface area (Å²) in [5, 5.41) is 0. The molecule has 1 saturated heterocycles. The highest BCUT2D eigenvalue weighted by atomic mass is 16.6. The fourth-order valence-electron chi connectivity index (χ4n) is 2.66. The van der Waals surface area contributed by atoms with E-state index in [1.807, 2.05) is 0 Å². The molecule has 0 aromatic heterocycles. The van der Waals surface area contributed by atoms with E-state index in [9.17, 15) is 9.59 Å². The number of amides is 1. The van der Waals surface area contributed by atoms with E-state index < -0.39 is 0 Å². The first-order valence-corrected chi connectivity index (χ1v) is 6.96. The van der Waals surface area contributed by atoms with Gasteiger partial charge in [-0.2, -0.15) is 0 Å².